The number of nitrogens with zero attached hydrogens (tertiary/aromatic N) is 3. The first-order valence-electron chi connectivity index (χ1n) is 6.20. The van der Waals surface area contributed by atoms with E-state index in [1.165, 1.54) is 16.7 Å². The van der Waals surface area contributed by atoms with Gasteiger partial charge >= 0.3 is 5.82 Å². The molecule has 0 N–H and O–H groups in total. The predicted octanol–water partition coefficient (Wildman–Crippen LogP) is 2.18. The van der Waals surface area contributed by atoms with E-state index in [1.54, 1.807) is 11.9 Å². The van der Waals surface area contributed by atoms with E-state index < -0.39 is 4.92 Å². The summed E-state index contributed by atoms with van der Waals surface area (Å²) in [5, 5.41) is 11.7. The van der Waals surface area contributed by atoms with E-state index in [-0.39, 0.29) is 11.7 Å². The van der Waals surface area contributed by atoms with Gasteiger partial charge in [-0.05, 0) is 29.7 Å². The van der Waals surface area contributed by atoms with Crippen molar-refractivity contribution in [2.45, 2.75) is 12.8 Å². The second-order valence-corrected chi connectivity index (χ2v) is 5.45. The molecular formula is C12H16BrN3O3. The number of carbonyl (C=O) groups excluding carboxylic acids is 1. The van der Waals surface area contributed by atoms with Crippen molar-refractivity contribution >= 4 is 27.7 Å². The first-order valence-corrected chi connectivity index (χ1v) is 7.32. The average Bonchev–Trinajstić information content (AvgIpc) is 2.80. The minimum absolute atomic E-state index is 0.0580. The monoisotopic (exact) mass is 329 g/mol. The molecule has 7 heteroatoms. The van der Waals surface area contributed by atoms with E-state index in [4.69, 9.17) is 0 Å². The van der Waals surface area contributed by atoms with Crippen LogP contribution in [0.2, 0.25) is 0 Å². The third-order valence-electron chi connectivity index (χ3n) is 3.53. The van der Waals surface area contributed by atoms with Gasteiger partial charge in [-0.15, -0.1) is 0 Å². The summed E-state index contributed by atoms with van der Waals surface area (Å²) in [7, 11) is 1.55. The van der Waals surface area contributed by atoms with Crippen molar-refractivity contribution < 1.29 is 9.72 Å². The van der Waals surface area contributed by atoms with E-state index in [0.717, 1.165) is 24.7 Å². The highest BCUT2D eigenvalue weighted by molar-refractivity contribution is 9.09. The van der Waals surface area contributed by atoms with E-state index in [1.807, 2.05) is 0 Å². The molecule has 104 valence electrons. The molecule has 1 aliphatic rings. The third kappa shape index (κ3) is 2.80. The Morgan fingerprint density at radius 2 is 2.32 bits per heavy atom. The summed E-state index contributed by atoms with van der Waals surface area (Å²) in [5.41, 5.74) is 0.377. The smallest absolute Gasteiger partial charge is 0.323 e. The zero-order chi connectivity index (χ0) is 14.0. The van der Waals surface area contributed by atoms with E-state index >= 15 is 0 Å². The van der Waals surface area contributed by atoms with Crippen molar-refractivity contribution in [3.63, 3.8) is 0 Å². The number of halogens is 1. The van der Waals surface area contributed by atoms with E-state index in [2.05, 4.69) is 15.9 Å². The minimum atomic E-state index is -0.478. The van der Waals surface area contributed by atoms with Gasteiger partial charge in [0.15, 0.2) is 5.69 Å². The van der Waals surface area contributed by atoms with Crippen molar-refractivity contribution in [3.8, 4) is 0 Å². The fourth-order valence-corrected chi connectivity index (χ4v) is 2.96. The van der Waals surface area contributed by atoms with Crippen molar-refractivity contribution in [1.29, 1.82) is 0 Å². The maximum Gasteiger partial charge on any atom is 0.323 e. The van der Waals surface area contributed by atoms with E-state index in [0.29, 0.717) is 18.2 Å². The Morgan fingerprint density at radius 1 is 1.58 bits per heavy atom. The first-order chi connectivity index (χ1) is 9.04. The van der Waals surface area contributed by atoms with Crippen LogP contribution >= 0.6 is 15.9 Å². The van der Waals surface area contributed by atoms with Gasteiger partial charge in [0.2, 0.25) is 0 Å². The number of carbonyl (C=O) groups is 1. The minimum Gasteiger partial charge on any atom is -0.358 e. The number of alkyl halides is 1. The molecule has 19 heavy (non-hydrogen) atoms. The number of piperidine rings is 1. The highest BCUT2D eigenvalue weighted by Crippen LogP contribution is 2.22. The Hall–Kier alpha value is -1.37. The topological polar surface area (TPSA) is 68.4 Å². The fraction of sp³-hybridized carbons (Fsp3) is 0.583. The molecule has 0 spiro atoms. The Kier molecular flexibility index (Phi) is 4.24. The zero-order valence-electron chi connectivity index (χ0n) is 10.7. The Bertz CT molecular complexity index is 500. The van der Waals surface area contributed by atoms with Gasteiger partial charge in [-0.2, -0.15) is 0 Å². The summed E-state index contributed by atoms with van der Waals surface area (Å²) in [5.74, 6) is 0.284. The zero-order valence-corrected chi connectivity index (χ0v) is 12.3. The molecule has 2 rings (SSSR count). The van der Waals surface area contributed by atoms with Crippen LogP contribution in [0.1, 0.15) is 23.3 Å². The van der Waals surface area contributed by atoms with Crippen molar-refractivity contribution in [3.05, 3.63) is 27.9 Å². The number of nitro groups is 1. The summed E-state index contributed by atoms with van der Waals surface area (Å²) in [4.78, 5) is 24.5. The molecule has 2 heterocycles. The lowest BCUT2D eigenvalue weighted by Gasteiger charge is -2.31. The van der Waals surface area contributed by atoms with Crippen molar-refractivity contribution in [1.82, 2.24) is 9.47 Å². The molecule has 6 nitrogen and oxygen atoms in total. The number of aromatic nitrogens is 1. The van der Waals surface area contributed by atoms with Gasteiger partial charge < -0.3 is 15.0 Å². The van der Waals surface area contributed by atoms with Gasteiger partial charge in [0.1, 0.15) is 0 Å². The average molecular weight is 330 g/mol. The lowest BCUT2D eigenvalue weighted by molar-refractivity contribution is -0.391. The summed E-state index contributed by atoms with van der Waals surface area (Å²) in [6.07, 6.45) is 2.09. The molecule has 1 aromatic rings. The second-order valence-electron chi connectivity index (χ2n) is 4.81. The number of amides is 1. The van der Waals surface area contributed by atoms with Crippen molar-refractivity contribution in [2.75, 3.05) is 18.4 Å². The number of likely N-dealkylation sites (tertiary alicyclic amines) is 1. The highest BCUT2D eigenvalue weighted by Gasteiger charge is 2.28. The Balaban J connectivity index is 2.17. The Morgan fingerprint density at radius 3 is 2.89 bits per heavy atom. The highest BCUT2D eigenvalue weighted by atomic mass is 79.9. The largest absolute Gasteiger partial charge is 0.358 e. The van der Waals surface area contributed by atoms with Gasteiger partial charge in [0, 0.05) is 24.5 Å². The van der Waals surface area contributed by atoms with Gasteiger partial charge in [0.25, 0.3) is 5.91 Å². The molecule has 0 saturated carbocycles. The van der Waals surface area contributed by atoms with Crippen LogP contribution in [0.25, 0.3) is 0 Å². The molecule has 0 bridgehead atoms. The maximum absolute atomic E-state index is 12.4. The molecule has 1 aromatic heterocycles. The maximum atomic E-state index is 12.4. The van der Waals surface area contributed by atoms with Crippen LogP contribution < -0.4 is 0 Å². The standard InChI is InChI=1S/C12H16BrN3O3/c1-14-10(4-5-11(14)16(18)19)12(17)15-6-2-3-9(7-13)8-15/h4-5,9H,2-3,6-8H2,1H3. The van der Waals surface area contributed by atoms with Gasteiger partial charge in [-0.1, -0.05) is 15.9 Å². The molecule has 0 aliphatic carbocycles. The molecule has 1 amide bonds. The summed E-state index contributed by atoms with van der Waals surface area (Å²) < 4.78 is 1.35. The molecule has 1 unspecified atom stereocenters. The summed E-state index contributed by atoms with van der Waals surface area (Å²) in [6.45, 7) is 1.43. The lowest BCUT2D eigenvalue weighted by Crippen LogP contribution is -2.41. The molecular weight excluding hydrogens is 314 g/mol. The van der Waals surface area contributed by atoms with Crippen molar-refractivity contribution in [2.24, 2.45) is 13.0 Å². The molecule has 1 saturated heterocycles. The van der Waals surface area contributed by atoms with Gasteiger partial charge in [0.05, 0.1) is 7.05 Å². The SMILES string of the molecule is Cn1c(C(=O)N2CCCC(CBr)C2)ccc1[N+](=O)[O-]. The number of rotatable bonds is 3. The number of hydrogen-bond donors (Lipinski definition) is 0. The van der Waals surface area contributed by atoms with Crippen LogP contribution in [0, 0.1) is 16.0 Å². The van der Waals surface area contributed by atoms with Crippen LogP contribution in [0.3, 0.4) is 0 Å². The normalized spacial score (nSPS) is 19.5. The third-order valence-corrected chi connectivity index (χ3v) is 4.44. The molecule has 0 aromatic carbocycles. The summed E-state index contributed by atoms with van der Waals surface area (Å²) in [6, 6.07) is 2.90. The van der Waals surface area contributed by atoms with Gasteiger partial charge in [-0.25, -0.2) is 4.57 Å². The second kappa shape index (κ2) is 5.73. The Labute approximate surface area is 119 Å². The molecule has 1 atom stereocenters. The van der Waals surface area contributed by atoms with Crippen LogP contribution in [0.15, 0.2) is 12.1 Å². The first kappa shape index (κ1) is 14.0. The quantitative estimate of drug-likeness (QED) is 0.485. The van der Waals surface area contributed by atoms with Crippen LogP contribution in [0.4, 0.5) is 5.82 Å². The fourth-order valence-electron chi connectivity index (χ4n) is 2.44. The van der Waals surface area contributed by atoms with Crippen LogP contribution in [-0.2, 0) is 7.05 Å². The van der Waals surface area contributed by atoms with E-state index in [9.17, 15) is 14.9 Å². The molecule has 0 radical (unpaired) electrons. The predicted molar refractivity (Wildman–Crippen MR) is 74.5 cm³/mol. The lowest BCUT2D eigenvalue weighted by atomic mass is 10.00. The van der Waals surface area contributed by atoms with Crippen LogP contribution in [-0.4, -0.2) is 38.7 Å². The van der Waals surface area contributed by atoms with Crippen LogP contribution in [0.5, 0.6) is 0 Å². The van der Waals surface area contributed by atoms with Gasteiger partial charge in [-0.3, -0.25) is 4.79 Å². The summed E-state index contributed by atoms with van der Waals surface area (Å²) >= 11 is 3.45. The number of hydrogen-bond acceptors (Lipinski definition) is 3. The molecule has 1 fully saturated rings. The molecule has 1 aliphatic heterocycles.